The van der Waals surface area contributed by atoms with Gasteiger partial charge in [-0.3, -0.25) is 4.98 Å². The van der Waals surface area contributed by atoms with Crippen LogP contribution < -0.4 is 20.5 Å². The van der Waals surface area contributed by atoms with Gasteiger partial charge in [0.05, 0.1) is 31.1 Å². The monoisotopic (exact) mass is 448 g/mol. The van der Waals surface area contributed by atoms with Crippen LogP contribution in [0.2, 0.25) is 0 Å². The number of hydrogen-bond acceptors (Lipinski definition) is 5. The number of methoxy groups -OCH3 is 2. The number of ether oxygens (including phenoxy) is 2. The van der Waals surface area contributed by atoms with Gasteiger partial charge in [-0.15, -0.1) is 0 Å². The number of rotatable bonds is 5. The van der Waals surface area contributed by atoms with Gasteiger partial charge in [0, 0.05) is 29.2 Å². The lowest BCUT2D eigenvalue weighted by Crippen LogP contribution is -2.02. The molecule has 2 aromatic heterocycles. The Balaban J connectivity index is 0.000000172. The molecule has 0 saturated heterocycles. The number of aromatic nitrogens is 2. The molecule has 0 bridgehead atoms. The third kappa shape index (κ3) is 4.44. The summed E-state index contributed by atoms with van der Waals surface area (Å²) in [6, 6.07) is 11.3. The second kappa shape index (κ2) is 9.81. The van der Waals surface area contributed by atoms with Gasteiger partial charge >= 0.3 is 0 Å². The summed E-state index contributed by atoms with van der Waals surface area (Å²) in [7, 11) is 3.13. The van der Waals surface area contributed by atoms with Crippen LogP contribution in [0.25, 0.3) is 10.9 Å². The molecule has 1 aliphatic carbocycles. The fourth-order valence-electron chi connectivity index (χ4n) is 4.24. The van der Waals surface area contributed by atoms with E-state index in [1.165, 1.54) is 29.7 Å². The minimum absolute atomic E-state index is 0.0763. The molecule has 0 amide bonds. The Bertz CT molecular complexity index is 1270. The normalized spacial score (nSPS) is 12.1. The van der Waals surface area contributed by atoms with Gasteiger partial charge in [0.15, 0.2) is 11.6 Å². The zero-order valence-electron chi connectivity index (χ0n) is 19.2. The number of nitrogen functional groups attached to an aromatic ring is 1. The zero-order valence-corrected chi connectivity index (χ0v) is 19.2. The maximum absolute atomic E-state index is 13.9. The standard InChI is InChI=1S/C15H16FN3O.C11H13NO/c1-20-15-13(6-5-10(17)14(15)16)19-12-7-8-18-11-4-2-3-9(11)12;1-3-8-7-12-11-9(8)5-4-6-10(11)13-2/h5-8H,2-4,17H2,1H3,(H,18,19);4-7,12H,3H2,1-2H3. The van der Waals surface area contributed by atoms with Gasteiger partial charge in [-0.1, -0.05) is 19.1 Å². The molecule has 2 aromatic carbocycles. The number of anilines is 3. The highest BCUT2D eigenvalue weighted by molar-refractivity contribution is 5.88. The molecule has 2 heterocycles. The summed E-state index contributed by atoms with van der Waals surface area (Å²) >= 11 is 0. The van der Waals surface area contributed by atoms with E-state index in [0.717, 1.165) is 48.3 Å². The van der Waals surface area contributed by atoms with Gasteiger partial charge in [0.25, 0.3) is 0 Å². The molecule has 0 fully saturated rings. The molecule has 7 heteroatoms. The van der Waals surface area contributed by atoms with Gasteiger partial charge in [0.2, 0.25) is 0 Å². The summed E-state index contributed by atoms with van der Waals surface area (Å²) < 4.78 is 24.3. The van der Waals surface area contributed by atoms with Crippen molar-refractivity contribution in [3.05, 3.63) is 71.4 Å². The molecule has 0 aliphatic heterocycles. The first-order valence-corrected chi connectivity index (χ1v) is 11.1. The number of para-hydroxylation sites is 1. The topological polar surface area (TPSA) is 85.2 Å². The van der Waals surface area contributed by atoms with E-state index in [4.69, 9.17) is 15.2 Å². The molecule has 33 heavy (non-hydrogen) atoms. The second-order valence-electron chi connectivity index (χ2n) is 7.86. The number of fused-ring (bicyclic) bond motifs is 2. The van der Waals surface area contributed by atoms with E-state index < -0.39 is 5.82 Å². The van der Waals surface area contributed by atoms with Crippen LogP contribution in [0.1, 0.15) is 30.2 Å². The second-order valence-corrected chi connectivity index (χ2v) is 7.86. The molecule has 0 spiro atoms. The molecule has 4 aromatic rings. The van der Waals surface area contributed by atoms with Crippen molar-refractivity contribution in [1.82, 2.24) is 9.97 Å². The van der Waals surface area contributed by atoms with Crippen LogP contribution in [0.3, 0.4) is 0 Å². The highest BCUT2D eigenvalue weighted by Crippen LogP contribution is 2.36. The molecule has 6 nitrogen and oxygen atoms in total. The van der Waals surface area contributed by atoms with Gasteiger partial charge in [0.1, 0.15) is 5.75 Å². The van der Waals surface area contributed by atoms with E-state index in [1.807, 2.05) is 24.4 Å². The number of hydrogen-bond donors (Lipinski definition) is 3. The van der Waals surface area contributed by atoms with Crippen LogP contribution in [0, 0.1) is 5.82 Å². The van der Waals surface area contributed by atoms with Crippen molar-refractivity contribution in [1.29, 1.82) is 0 Å². The Morgan fingerprint density at radius 1 is 1.09 bits per heavy atom. The molecule has 172 valence electrons. The first-order valence-electron chi connectivity index (χ1n) is 11.1. The quantitative estimate of drug-likeness (QED) is 0.337. The zero-order chi connectivity index (χ0) is 23.4. The van der Waals surface area contributed by atoms with Crippen LogP contribution in [0.4, 0.5) is 21.5 Å². The molecule has 0 saturated carbocycles. The van der Waals surface area contributed by atoms with E-state index in [2.05, 4.69) is 28.3 Å². The number of aryl methyl sites for hydroxylation is 2. The molecule has 0 atom stereocenters. The van der Waals surface area contributed by atoms with E-state index in [9.17, 15) is 4.39 Å². The van der Waals surface area contributed by atoms with Crippen LogP contribution >= 0.6 is 0 Å². The first-order chi connectivity index (χ1) is 16.1. The summed E-state index contributed by atoms with van der Waals surface area (Å²) in [5.41, 5.74) is 11.9. The smallest absolute Gasteiger partial charge is 0.190 e. The van der Waals surface area contributed by atoms with Gasteiger partial charge < -0.3 is 25.5 Å². The summed E-state index contributed by atoms with van der Waals surface area (Å²) in [4.78, 5) is 7.60. The predicted molar refractivity (Wildman–Crippen MR) is 131 cm³/mol. The fraction of sp³-hybridized carbons (Fsp3) is 0.269. The fourth-order valence-corrected chi connectivity index (χ4v) is 4.24. The number of benzene rings is 2. The van der Waals surface area contributed by atoms with Crippen LogP contribution in [0.5, 0.6) is 11.5 Å². The van der Waals surface area contributed by atoms with Crippen molar-refractivity contribution in [2.24, 2.45) is 0 Å². The summed E-state index contributed by atoms with van der Waals surface area (Å²) in [5, 5.41) is 4.50. The molecule has 0 unspecified atom stereocenters. The number of pyridine rings is 1. The Morgan fingerprint density at radius 2 is 1.94 bits per heavy atom. The number of H-pyrrole nitrogens is 1. The summed E-state index contributed by atoms with van der Waals surface area (Å²) in [6.45, 7) is 2.15. The summed E-state index contributed by atoms with van der Waals surface area (Å²) in [6.07, 6.45) is 7.96. The Morgan fingerprint density at radius 3 is 2.70 bits per heavy atom. The van der Waals surface area contributed by atoms with Gasteiger partial charge in [-0.25, -0.2) is 4.39 Å². The lowest BCUT2D eigenvalue weighted by atomic mass is 10.1. The molecule has 1 aliphatic rings. The number of nitrogens with two attached hydrogens (primary N) is 1. The summed E-state index contributed by atoms with van der Waals surface area (Å²) in [5.74, 6) is 0.508. The van der Waals surface area contributed by atoms with Gasteiger partial charge in [-0.2, -0.15) is 0 Å². The Kier molecular flexibility index (Phi) is 6.68. The largest absolute Gasteiger partial charge is 0.495 e. The highest BCUT2D eigenvalue weighted by Gasteiger charge is 2.18. The predicted octanol–water partition coefficient (Wildman–Crippen LogP) is 5.78. The average Bonchev–Trinajstić information content (AvgIpc) is 3.49. The molecular formula is C26H29FN4O2. The van der Waals surface area contributed by atoms with E-state index in [1.54, 1.807) is 19.4 Å². The van der Waals surface area contributed by atoms with Crippen LogP contribution in [-0.4, -0.2) is 24.2 Å². The SMILES string of the molecule is CCc1c[nH]c2c(OC)cccc12.COc1c(Nc2ccnc3c2CCC3)ccc(N)c1F. The first kappa shape index (κ1) is 22.5. The molecule has 5 rings (SSSR count). The number of nitrogens with zero attached hydrogens (tertiary/aromatic N) is 1. The minimum atomic E-state index is -0.539. The maximum Gasteiger partial charge on any atom is 0.190 e. The van der Waals surface area contributed by atoms with Crippen molar-refractivity contribution in [3.63, 3.8) is 0 Å². The van der Waals surface area contributed by atoms with Crippen molar-refractivity contribution in [2.75, 3.05) is 25.3 Å². The maximum atomic E-state index is 13.9. The lowest BCUT2D eigenvalue weighted by molar-refractivity contribution is 0.390. The van der Waals surface area contributed by atoms with Crippen molar-refractivity contribution < 1.29 is 13.9 Å². The lowest BCUT2D eigenvalue weighted by Gasteiger charge is -2.15. The third-order valence-corrected chi connectivity index (χ3v) is 5.95. The minimum Gasteiger partial charge on any atom is -0.495 e. The van der Waals surface area contributed by atoms with Crippen molar-refractivity contribution in [2.45, 2.75) is 32.6 Å². The van der Waals surface area contributed by atoms with E-state index in [0.29, 0.717) is 5.69 Å². The van der Waals surface area contributed by atoms with E-state index >= 15 is 0 Å². The van der Waals surface area contributed by atoms with Crippen molar-refractivity contribution in [3.8, 4) is 11.5 Å². The third-order valence-electron chi connectivity index (χ3n) is 5.95. The molecule has 0 radical (unpaired) electrons. The molecule has 4 N–H and O–H groups in total. The Labute approximate surface area is 192 Å². The number of halogens is 1. The Hall–Kier alpha value is -3.74. The van der Waals surface area contributed by atoms with E-state index in [-0.39, 0.29) is 11.4 Å². The highest BCUT2D eigenvalue weighted by atomic mass is 19.1. The van der Waals surface area contributed by atoms with Gasteiger partial charge in [-0.05, 0) is 61.1 Å². The van der Waals surface area contributed by atoms with Crippen LogP contribution in [0.15, 0.2) is 48.8 Å². The number of nitrogens with one attached hydrogen (secondary N) is 2. The van der Waals surface area contributed by atoms with Crippen LogP contribution in [-0.2, 0) is 19.3 Å². The number of aromatic amines is 1. The average molecular weight is 449 g/mol. The van der Waals surface area contributed by atoms with Crippen molar-refractivity contribution >= 4 is 28.0 Å². The molecular weight excluding hydrogens is 419 g/mol.